The molecule has 0 spiro atoms. The molecule has 0 saturated carbocycles. The van der Waals surface area contributed by atoms with E-state index in [1.807, 2.05) is 24.3 Å². The zero-order valence-corrected chi connectivity index (χ0v) is 11.2. The summed E-state index contributed by atoms with van der Waals surface area (Å²) < 4.78 is 1.76. The van der Waals surface area contributed by atoms with E-state index in [9.17, 15) is 14.9 Å². The molecule has 2 aromatic carbocycles. The number of carbonyl (C=O) groups excluding carboxylic acids is 1. The van der Waals surface area contributed by atoms with Crippen LogP contribution >= 0.6 is 0 Å². The van der Waals surface area contributed by atoms with E-state index in [-0.39, 0.29) is 11.5 Å². The van der Waals surface area contributed by atoms with Gasteiger partial charge in [-0.25, -0.2) is 4.98 Å². The van der Waals surface area contributed by atoms with E-state index < -0.39 is 4.92 Å². The highest BCUT2D eigenvalue weighted by atomic mass is 16.6. The molecule has 0 aliphatic carbocycles. The highest BCUT2D eigenvalue weighted by Gasteiger charge is 2.16. The van der Waals surface area contributed by atoms with Crippen LogP contribution in [0.1, 0.15) is 17.3 Å². The molecule has 0 radical (unpaired) electrons. The number of nitro benzene ring substituents is 1. The van der Waals surface area contributed by atoms with Crippen LogP contribution < -0.4 is 0 Å². The van der Waals surface area contributed by atoms with Crippen LogP contribution in [0.2, 0.25) is 0 Å². The summed E-state index contributed by atoms with van der Waals surface area (Å²) in [5.41, 5.74) is 2.42. The second-order valence-corrected chi connectivity index (χ2v) is 4.62. The van der Waals surface area contributed by atoms with Gasteiger partial charge in [-0.1, -0.05) is 12.1 Å². The van der Waals surface area contributed by atoms with Gasteiger partial charge in [-0.3, -0.25) is 19.5 Å². The first-order valence-corrected chi connectivity index (χ1v) is 6.30. The SMILES string of the molecule is CC(=O)c1cc([N+](=O)[O-])ccc1-n1cnc2ccccc21. The first kappa shape index (κ1) is 13.0. The van der Waals surface area contributed by atoms with Crippen molar-refractivity contribution in [3.63, 3.8) is 0 Å². The number of fused-ring (bicyclic) bond motifs is 1. The number of nitro groups is 1. The fourth-order valence-corrected chi connectivity index (χ4v) is 2.28. The van der Waals surface area contributed by atoms with E-state index >= 15 is 0 Å². The van der Waals surface area contributed by atoms with Crippen molar-refractivity contribution in [2.75, 3.05) is 0 Å². The third-order valence-electron chi connectivity index (χ3n) is 3.28. The lowest BCUT2D eigenvalue weighted by Crippen LogP contribution is -2.04. The maximum Gasteiger partial charge on any atom is 0.270 e. The van der Waals surface area contributed by atoms with Crippen LogP contribution in [0.15, 0.2) is 48.8 Å². The topological polar surface area (TPSA) is 78.0 Å². The maximum atomic E-state index is 11.8. The van der Waals surface area contributed by atoms with Gasteiger partial charge in [0.15, 0.2) is 5.78 Å². The monoisotopic (exact) mass is 281 g/mol. The Labute approximate surface area is 119 Å². The molecule has 0 unspecified atom stereocenters. The zero-order chi connectivity index (χ0) is 15.0. The zero-order valence-electron chi connectivity index (χ0n) is 11.2. The first-order valence-electron chi connectivity index (χ1n) is 6.30. The average molecular weight is 281 g/mol. The Morgan fingerprint density at radius 2 is 2.00 bits per heavy atom. The molecule has 0 bridgehead atoms. The molecule has 104 valence electrons. The van der Waals surface area contributed by atoms with Gasteiger partial charge in [-0.15, -0.1) is 0 Å². The van der Waals surface area contributed by atoms with E-state index in [0.29, 0.717) is 11.3 Å². The Kier molecular flexibility index (Phi) is 2.98. The Morgan fingerprint density at radius 3 is 2.71 bits per heavy atom. The van der Waals surface area contributed by atoms with Gasteiger partial charge in [-0.05, 0) is 25.1 Å². The minimum Gasteiger partial charge on any atom is -0.298 e. The van der Waals surface area contributed by atoms with Gasteiger partial charge in [0.25, 0.3) is 5.69 Å². The fourth-order valence-electron chi connectivity index (χ4n) is 2.28. The summed E-state index contributed by atoms with van der Waals surface area (Å²) in [6, 6.07) is 11.8. The average Bonchev–Trinajstić information content (AvgIpc) is 2.90. The van der Waals surface area contributed by atoms with Crippen LogP contribution in [0, 0.1) is 10.1 Å². The number of para-hydroxylation sites is 2. The summed E-state index contributed by atoms with van der Waals surface area (Å²) in [4.78, 5) is 26.4. The van der Waals surface area contributed by atoms with E-state index in [2.05, 4.69) is 4.98 Å². The highest BCUT2D eigenvalue weighted by Crippen LogP contribution is 2.25. The van der Waals surface area contributed by atoms with Gasteiger partial charge >= 0.3 is 0 Å². The minimum atomic E-state index is -0.512. The molecule has 0 aliphatic rings. The Hall–Kier alpha value is -3.02. The predicted octanol–water partition coefficient (Wildman–Crippen LogP) is 3.14. The summed E-state index contributed by atoms with van der Waals surface area (Å²) in [5, 5.41) is 10.9. The Balaban J connectivity index is 2.27. The third-order valence-corrected chi connectivity index (χ3v) is 3.28. The van der Waals surface area contributed by atoms with E-state index in [0.717, 1.165) is 11.0 Å². The van der Waals surface area contributed by atoms with Gasteiger partial charge in [-0.2, -0.15) is 0 Å². The van der Waals surface area contributed by atoms with Crippen molar-refractivity contribution < 1.29 is 9.72 Å². The molecule has 21 heavy (non-hydrogen) atoms. The van der Waals surface area contributed by atoms with Crippen molar-refractivity contribution in [1.82, 2.24) is 9.55 Å². The van der Waals surface area contributed by atoms with Crippen LogP contribution in [0.3, 0.4) is 0 Å². The summed E-state index contributed by atoms with van der Waals surface area (Å²) in [6.45, 7) is 1.39. The standard InChI is InChI=1S/C15H11N3O3/c1-10(19)12-8-11(18(20)21)6-7-14(12)17-9-16-13-4-2-3-5-15(13)17/h2-9H,1H3. The highest BCUT2D eigenvalue weighted by molar-refractivity contribution is 5.99. The maximum absolute atomic E-state index is 11.8. The number of benzene rings is 2. The lowest BCUT2D eigenvalue weighted by Gasteiger charge is -2.09. The molecule has 0 aliphatic heterocycles. The molecular weight excluding hydrogens is 270 g/mol. The normalized spacial score (nSPS) is 10.7. The molecular formula is C15H11N3O3. The Bertz CT molecular complexity index is 867. The fraction of sp³-hybridized carbons (Fsp3) is 0.0667. The number of non-ortho nitro benzene ring substituents is 1. The summed E-state index contributed by atoms with van der Waals surface area (Å²) in [7, 11) is 0. The lowest BCUT2D eigenvalue weighted by molar-refractivity contribution is -0.384. The molecule has 6 nitrogen and oxygen atoms in total. The largest absolute Gasteiger partial charge is 0.298 e. The van der Waals surface area contributed by atoms with E-state index in [4.69, 9.17) is 0 Å². The number of hydrogen-bond acceptors (Lipinski definition) is 4. The van der Waals surface area contributed by atoms with Crippen LogP contribution in [-0.4, -0.2) is 20.3 Å². The van der Waals surface area contributed by atoms with Crippen molar-refractivity contribution in [3.05, 3.63) is 64.5 Å². The number of nitrogens with zero attached hydrogens (tertiary/aromatic N) is 3. The lowest BCUT2D eigenvalue weighted by atomic mass is 10.1. The summed E-state index contributed by atoms with van der Waals surface area (Å²) in [6.07, 6.45) is 1.61. The third kappa shape index (κ3) is 2.16. The number of hydrogen-bond donors (Lipinski definition) is 0. The molecule has 6 heteroatoms. The molecule has 0 fully saturated rings. The molecule has 1 heterocycles. The van der Waals surface area contributed by atoms with Crippen molar-refractivity contribution in [2.24, 2.45) is 0 Å². The Morgan fingerprint density at radius 1 is 1.24 bits per heavy atom. The molecule has 0 atom stereocenters. The molecule has 0 N–H and O–H groups in total. The minimum absolute atomic E-state index is 0.103. The van der Waals surface area contributed by atoms with Crippen molar-refractivity contribution in [1.29, 1.82) is 0 Å². The molecule has 1 aromatic heterocycles. The second-order valence-electron chi connectivity index (χ2n) is 4.62. The molecule has 0 saturated heterocycles. The van der Waals surface area contributed by atoms with Gasteiger partial charge in [0, 0.05) is 17.7 Å². The van der Waals surface area contributed by atoms with Gasteiger partial charge in [0.05, 0.1) is 21.6 Å². The number of imidazole rings is 1. The van der Waals surface area contributed by atoms with Crippen molar-refractivity contribution in [3.8, 4) is 5.69 Å². The summed E-state index contributed by atoms with van der Waals surface area (Å²) >= 11 is 0. The molecule has 0 amide bonds. The van der Waals surface area contributed by atoms with Crippen LogP contribution in [0.5, 0.6) is 0 Å². The van der Waals surface area contributed by atoms with Gasteiger partial charge in [0.2, 0.25) is 0 Å². The molecule has 3 rings (SSSR count). The summed E-state index contributed by atoms with van der Waals surface area (Å²) in [5.74, 6) is -0.230. The van der Waals surface area contributed by atoms with Gasteiger partial charge < -0.3 is 0 Å². The first-order chi connectivity index (χ1) is 10.1. The smallest absolute Gasteiger partial charge is 0.270 e. The predicted molar refractivity (Wildman–Crippen MR) is 77.7 cm³/mol. The van der Waals surface area contributed by atoms with Crippen molar-refractivity contribution >= 4 is 22.5 Å². The van der Waals surface area contributed by atoms with Gasteiger partial charge in [0.1, 0.15) is 6.33 Å². The quantitative estimate of drug-likeness (QED) is 0.419. The number of aromatic nitrogens is 2. The van der Waals surface area contributed by atoms with E-state index in [1.54, 1.807) is 17.0 Å². The van der Waals surface area contributed by atoms with Crippen molar-refractivity contribution in [2.45, 2.75) is 6.92 Å². The second kappa shape index (κ2) is 4.82. The number of carbonyl (C=O) groups is 1. The molecule has 3 aromatic rings. The van der Waals surface area contributed by atoms with E-state index in [1.165, 1.54) is 19.1 Å². The number of rotatable bonds is 3. The number of Topliss-reactive ketones (excluding diaryl/α,β-unsaturated/α-hetero) is 1. The van der Waals surface area contributed by atoms with Crippen LogP contribution in [-0.2, 0) is 0 Å². The van der Waals surface area contributed by atoms with Crippen LogP contribution in [0.25, 0.3) is 16.7 Å². The number of ketones is 1. The van der Waals surface area contributed by atoms with Crippen LogP contribution in [0.4, 0.5) is 5.69 Å².